The van der Waals surface area contributed by atoms with Gasteiger partial charge in [0.2, 0.25) is 0 Å². The number of hydrogen-bond acceptors (Lipinski definition) is 8. The average Bonchev–Trinajstić information content (AvgIpc) is 3.36. The molecule has 0 amide bonds. The van der Waals surface area contributed by atoms with Crippen molar-refractivity contribution in [2.45, 2.75) is 104 Å². The topological polar surface area (TPSA) is 89.5 Å². The minimum atomic E-state index is -0.497. The first-order chi connectivity index (χ1) is 32.5. The molecular weight excluding hydrogens is 825 g/mol. The summed E-state index contributed by atoms with van der Waals surface area (Å²) in [6, 6.07) is 46.6. The molecule has 0 fully saturated rings. The molecule has 0 N–H and O–H groups in total. The highest BCUT2D eigenvalue weighted by Gasteiger charge is 2.11. The van der Waals surface area contributed by atoms with Crippen LogP contribution >= 0.6 is 0 Å². The molecule has 0 aliphatic rings. The van der Waals surface area contributed by atoms with Crippen molar-refractivity contribution in [3.05, 3.63) is 168 Å². The summed E-state index contributed by atoms with van der Waals surface area (Å²) in [5, 5.41) is 0. The molecule has 0 spiro atoms. The fraction of sp³-hybridized carbons (Fsp3) is 0.345. The number of carbonyl (C=O) groups excluding carboxylic acids is 2. The molecule has 346 valence electrons. The van der Waals surface area contributed by atoms with Gasteiger partial charge in [-0.25, -0.2) is 9.59 Å². The smallest absolute Gasteiger partial charge is 0.338 e. The van der Waals surface area contributed by atoms with Crippen molar-refractivity contribution < 1.29 is 38.0 Å². The molecule has 6 rings (SSSR count). The molecule has 8 heteroatoms. The van der Waals surface area contributed by atoms with Crippen LogP contribution in [0.15, 0.2) is 146 Å². The Morgan fingerprint density at radius 3 is 0.924 bits per heavy atom. The molecular formula is C58H66O8. The number of carbonyl (C=O) groups is 2. The second kappa shape index (κ2) is 27.7. The molecule has 0 unspecified atom stereocenters. The van der Waals surface area contributed by atoms with Gasteiger partial charge in [-0.3, -0.25) is 0 Å². The molecule has 0 atom stereocenters. The Kier molecular flexibility index (Phi) is 20.5. The standard InChI is InChI=1S/C58H66O8/c1-3-5-7-9-11-13-39-61-53-31-23-47(24-32-53)49-27-35-55(36-28-49)65-43-45-15-19-51(20-16-45)57(59)63-41-42-64-58(60)52-21-17-46(18-22-52)44-66-56-37-29-50(30-38-56)48-25-33-54(34-26-48)62-40-14-12-10-8-6-4-2/h15-38H,3-14,39-44H2,1-2H3. The molecule has 0 bridgehead atoms. The van der Waals surface area contributed by atoms with Crippen LogP contribution < -0.4 is 18.9 Å². The van der Waals surface area contributed by atoms with Gasteiger partial charge in [0, 0.05) is 0 Å². The molecule has 0 radical (unpaired) electrons. The summed E-state index contributed by atoms with van der Waals surface area (Å²) in [4.78, 5) is 25.3. The van der Waals surface area contributed by atoms with E-state index in [1.807, 2.05) is 97.1 Å². The zero-order chi connectivity index (χ0) is 46.0. The van der Waals surface area contributed by atoms with Gasteiger partial charge < -0.3 is 28.4 Å². The van der Waals surface area contributed by atoms with Gasteiger partial charge in [0.15, 0.2) is 0 Å². The lowest BCUT2D eigenvalue weighted by Gasteiger charge is -2.10. The van der Waals surface area contributed by atoms with Crippen LogP contribution in [-0.2, 0) is 22.7 Å². The van der Waals surface area contributed by atoms with Crippen LogP contribution in [0.5, 0.6) is 23.0 Å². The Hall–Kier alpha value is -6.54. The van der Waals surface area contributed by atoms with Crippen molar-refractivity contribution in [3.63, 3.8) is 0 Å². The molecule has 6 aromatic carbocycles. The summed E-state index contributed by atoms with van der Waals surface area (Å²) in [7, 11) is 0. The quantitative estimate of drug-likeness (QED) is 0.0340. The van der Waals surface area contributed by atoms with Gasteiger partial charge in [0.25, 0.3) is 0 Å². The van der Waals surface area contributed by atoms with Crippen LogP contribution in [0.25, 0.3) is 22.3 Å². The summed E-state index contributed by atoms with van der Waals surface area (Å²) in [5.74, 6) is 2.30. The summed E-state index contributed by atoms with van der Waals surface area (Å²) >= 11 is 0. The van der Waals surface area contributed by atoms with Crippen LogP contribution in [-0.4, -0.2) is 38.4 Å². The maximum absolute atomic E-state index is 12.7. The summed E-state index contributed by atoms with van der Waals surface area (Å²) in [6.45, 7) is 6.56. The number of esters is 2. The van der Waals surface area contributed by atoms with E-state index in [9.17, 15) is 9.59 Å². The summed E-state index contributed by atoms with van der Waals surface area (Å²) in [5.41, 5.74) is 7.04. The molecule has 0 aliphatic heterocycles. The molecule has 0 aliphatic carbocycles. The van der Waals surface area contributed by atoms with Crippen molar-refractivity contribution in [1.29, 1.82) is 0 Å². The van der Waals surface area contributed by atoms with E-state index in [0.717, 1.165) is 82.4 Å². The first-order valence-corrected chi connectivity index (χ1v) is 23.9. The highest BCUT2D eigenvalue weighted by Crippen LogP contribution is 2.27. The van der Waals surface area contributed by atoms with E-state index >= 15 is 0 Å². The van der Waals surface area contributed by atoms with E-state index in [0.29, 0.717) is 24.3 Å². The third kappa shape index (κ3) is 16.8. The fourth-order valence-electron chi connectivity index (χ4n) is 7.36. The third-order valence-electron chi connectivity index (χ3n) is 11.4. The fourth-order valence-corrected chi connectivity index (χ4v) is 7.36. The van der Waals surface area contributed by atoms with Crippen molar-refractivity contribution >= 4 is 11.9 Å². The van der Waals surface area contributed by atoms with Crippen LogP contribution in [0.3, 0.4) is 0 Å². The van der Waals surface area contributed by atoms with E-state index in [4.69, 9.17) is 28.4 Å². The van der Waals surface area contributed by atoms with Crippen LogP contribution in [0.4, 0.5) is 0 Å². The van der Waals surface area contributed by atoms with E-state index in [2.05, 4.69) is 38.1 Å². The Bertz CT molecular complexity index is 2120. The summed E-state index contributed by atoms with van der Waals surface area (Å²) in [6.07, 6.45) is 15.0. The monoisotopic (exact) mass is 890 g/mol. The number of rotatable bonds is 29. The predicted octanol–water partition coefficient (Wildman–Crippen LogP) is 14.7. The lowest BCUT2D eigenvalue weighted by atomic mass is 10.1. The van der Waals surface area contributed by atoms with Crippen molar-refractivity contribution in [1.82, 2.24) is 0 Å². The highest BCUT2D eigenvalue weighted by atomic mass is 16.6. The van der Waals surface area contributed by atoms with Crippen molar-refractivity contribution in [2.75, 3.05) is 26.4 Å². The molecule has 66 heavy (non-hydrogen) atoms. The Balaban J connectivity index is 0.829. The van der Waals surface area contributed by atoms with Gasteiger partial charge in [-0.05, 0) is 119 Å². The van der Waals surface area contributed by atoms with Gasteiger partial charge in [0.1, 0.15) is 49.4 Å². The maximum Gasteiger partial charge on any atom is 0.338 e. The highest BCUT2D eigenvalue weighted by molar-refractivity contribution is 5.90. The van der Waals surface area contributed by atoms with E-state index in [1.165, 1.54) is 64.2 Å². The van der Waals surface area contributed by atoms with Gasteiger partial charge in [0.05, 0.1) is 24.3 Å². The molecule has 0 saturated carbocycles. The minimum absolute atomic E-state index is 0.0631. The van der Waals surface area contributed by atoms with E-state index in [1.54, 1.807) is 24.3 Å². The van der Waals surface area contributed by atoms with Gasteiger partial charge >= 0.3 is 11.9 Å². The van der Waals surface area contributed by atoms with Crippen molar-refractivity contribution in [2.24, 2.45) is 0 Å². The van der Waals surface area contributed by atoms with Gasteiger partial charge in [-0.1, -0.05) is 151 Å². The Morgan fingerprint density at radius 1 is 0.318 bits per heavy atom. The second-order valence-electron chi connectivity index (χ2n) is 16.6. The van der Waals surface area contributed by atoms with Gasteiger partial charge in [-0.2, -0.15) is 0 Å². The normalized spacial score (nSPS) is 10.9. The molecule has 0 heterocycles. The lowest BCUT2D eigenvalue weighted by molar-refractivity contribution is 0.0265. The van der Waals surface area contributed by atoms with E-state index < -0.39 is 11.9 Å². The third-order valence-corrected chi connectivity index (χ3v) is 11.4. The first-order valence-electron chi connectivity index (χ1n) is 23.9. The SMILES string of the molecule is CCCCCCCCOc1ccc(-c2ccc(OCc3ccc(C(=O)OCCOC(=O)c4ccc(COc5ccc(-c6ccc(OCCCCCCCC)cc6)cc5)cc4)cc3)cc2)cc1. The van der Waals surface area contributed by atoms with E-state index in [-0.39, 0.29) is 13.2 Å². The Labute approximate surface area is 392 Å². The lowest BCUT2D eigenvalue weighted by Crippen LogP contribution is -2.14. The van der Waals surface area contributed by atoms with Crippen LogP contribution in [0.1, 0.15) is 123 Å². The number of ether oxygens (including phenoxy) is 6. The van der Waals surface area contributed by atoms with Crippen molar-refractivity contribution in [3.8, 4) is 45.3 Å². The molecule has 8 nitrogen and oxygen atoms in total. The summed E-state index contributed by atoms with van der Waals surface area (Å²) < 4.78 is 34.6. The number of benzene rings is 6. The zero-order valence-corrected chi connectivity index (χ0v) is 38.9. The first kappa shape index (κ1) is 48.9. The Morgan fingerprint density at radius 2 is 0.606 bits per heavy atom. The second-order valence-corrected chi connectivity index (χ2v) is 16.6. The van der Waals surface area contributed by atoms with Crippen LogP contribution in [0, 0.1) is 0 Å². The zero-order valence-electron chi connectivity index (χ0n) is 38.9. The number of unbranched alkanes of at least 4 members (excludes halogenated alkanes) is 10. The maximum atomic E-state index is 12.7. The van der Waals surface area contributed by atoms with Crippen LogP contribution in [0.2, 0.25) is 0 Å². The number of hydrogen-bond donors (Lipinski definition) is 0. The minimum Gasteiger partial charge on any atom is -0.494 e. The molecule has 6 aromatic rings. The predicted molar refractivity (Wildman–Crippen MR) is 264 cm³/mol. The average molecular weight is 891 g/mol. The molecule has 0 aromatic heterocycles. The molecule has 0 saturated heterocycles. The van der Waals surface area contributed by atoms with Gasteiger partial charge in [-0.15, -0.1) is 0 Å². The largest absolute Gasteiger partial charge is 0.494 e.